The molecular weight excluding hydrogens is 438 g/mol. The molecular formula is C24H33N5O5. The third kappa shape index (κ3) is 5.15. The van der Waals surface area contributed by atoms with Crippen LogP contribution in [0.5, 0.6) is 0 Å². The second-order valence-electron chi connectivity index (χ2n) is 10.2. The van der Waals surface area contributed by atoms with Crippen molar-refractivity contribution in [3.8, 4) is 0 Å². The molecule has 0 radical (unpaired) electrons. The number of fused-ring (bicyclic) bond motifs is 1. The number of alkyl carbamates (subject to hydrolysis) is 1. The maximum atomic E-state index is 13.5. The summed E-state index contributed by atoms with van der Waals surface area (Å²) in [5.41, 5.74) is -0.301. The monoisotopic (exact) mass is 471 g/mol. The molecule has 10 heteroatoms. The second kappa shape index (κ2) is 9.23. The largest absolute Gasteiger partial charge is 0.444 e. The molecule has 1 saturated heterocycles. The first-order chi connectivity index (χ1) is 16.1. The Bertz CT molecular complexity index is 1210. The smallest absolute Gasteiger partial charge is 0.407 e. The number of aromatic amines is 1. The third-order valence-electron chi connectivity index (χ3n) is 6.35. The van der Waals surface area contributed by atoms with Gasteiger partial charge in [-0.05, 0) is 65.4 Å². The van der Waals surface area contributed by atoms with Crippen molar-refractivity contribution < 1.29 is 14.3 Å². The molecule has 2 aliphatic rings. The van der Waals surface area contributed by atoms with Crippen molar-refractivity contribution in [3.05, 3.63) is 38.2 Å². The van der Waals surface area contributed by atoms with E-state index in [4.69, 9.17) is 4.74 Å². The van der Waals surface area contributed by atoms with Gasteiger partial charge in [0.25, 0.3) is 11.5 Å². The lowest BCUT2D eigenvalue weighted by molar-refractivity contribution is 0.0500. The minimum atomic E-state index is -0.584. The molecule has 3 heterocycles. The molecule has 0 aromatic carbocycles. The summed E-state index contributed by atoms with van der Waals surface area (Å²) in [4.78, 5) is 59.2. The molecule has 1 aliphatic heterocycles. The van der Waals surface area contributed by atoms with Crippen molar-refractivity contribution in [2.45, 2.75) is 71.4 Å². The quantitative estimate of drug-likeness (QED) is 0.689. The van der Waals surface area contributed by atoms with E-state index in [1.807, 2.05) is 27.7 Å². The molecule has 1 aliphatic carbocycles. The van der Waals surface area contributed by atoms with Crippen LogP contribution in [0.2, 0.25) is 0 Å². The number of nitrogens with zero attached hydrogens (tertiary/aromatic N) is 3. The van der Waals surface area contributed by atoms with E-state index in [0.717, 1.165) is 31.4 Å². The number of pyridine rings is 1. The minimum absolute atomic E-state index is 0.171. The lowest BCUT2D eigenvalue weighted by Crippen LogP contribution is -2.43. The van der Waals surface area contributed by atoms with Crippen LogP contribution in [0.15, 0.2) is 15.7 Å². The molecule has 0 bridgehead atoms. The molecule has 2 aromatic heterocycles. The lowest BCUT2D eigenvalue weighted by Gasteiger charge is -2.32. The number of piperidine rings is 1. The van der Waals surface area contributed by atoms with Crippen molar-refractivity contribution in [2.75, 3.05) is 19.6 Å². The van der Waals surface area contributed by atoms with Gasteiger partial charge < -0.3 is 15.0 Å². The molecule has 1 saturated carbocycles. The van der Waals surface area contributed by atoms with Gasteiger partial charge in [-0.2, -0.15) is 0 Å². The van der Waals surface area contributed by atoms with E-state index in [1.54, 1.807) is 11.0 Å². The second-order valence-corrected chi connectivity index (χ2v) is 10.2. The summed E-state index contributed by atoms with van der Waals surface area (Å²) >= 11 is 0. The van der Waals surface area contributed by atoms with Gasteiger partial charge in [-0.3, -0.25) is 19.1 Å². The van der Waals surface area contributed by atoms with Crippen LogP contribution in [-0.4, -0.2) is 56.7 Å². The van der Waals surface area contributed by atoms with Crippen LogP contribution in [0.25, 0.3) is 11.0 Å². The highest BCUT2D eigenvalue weighted by atomic mass is 16.6. The molecule has 0 spiro atoms. The summed E-state index contributed by atoms with van der Waals surface area (Å²) in [6, 6.07) is 1.73. The number of carbonyl (C=O) groups is 2. The summed E-state index contributed by atoms with van der Waals surface area (Å²) in [5, 5.41) is 2.98. The first-order valence-corrected chi connectivity index (χ1v) is 12.0. The standard InChI is InChI=1S/C24H33N5O5/c1-5-29-19-18(20(30)27-22(29)32)16(12-17(26-19)15-6-7-15)21(31)28-10-8-14(9-11-28)13-25-23(33)34-24(2,3)4/h12,14-15H,5-11,13H2,1-4H3,(H,25,33)(H,27,30,32). The Kier molecular flexibility index (Phi) is 6.51. The SMILES string of the molecule is CCn1c(=O)[nH]c(=O)c2c(C(=O)N3CCC(CNC(=O)OC(C)(C)C)CC3)cc(C3CC3)nc21. The van der Waals surface area contributed by atoms with Crippen LogP contribution >= 0.6 is 0 Å². The fourth-order valence-electron chi connectivity index (χ4n) is 4.40. The zero-order valence-corrected chi connectivity index (χ0v) is 20.3. The van der Waals surface area contributed by atoms with Gasteiger partial charge in [-0.25, -0.2) is 14.6 Å². The average Bonchev–Trinajstić information content (AvgIpc) is 3.61. The maximum absolute atomic E-state index is 13.5. The molecule has 2 fully saturated rings. The summed E-state index contributed by atoms with van der Waals surface area (Å²) in [6.07, 6.45) is 3.00. The number of ether oxygens (including phenoxy) is 1. The Morgan fingerprint density at radius 1 is 1.18 bits per heavy atom. The molecule has 2 amide bonds. The van der Waals surface area contributed by atoms with Crippen LogP contribution in [-0.2, 0) is 11.3 Å². The van der Waals surface area contributed by atoms with E-state index in [2.05, 4.69) is 15.3 Å². The number of rotatable bonds is 5. The van der Waals surface area contributed by atoms with Crippen molar-refractivity contribution >= 4 is 23.0 Å². The molecule has 2 N–H and O–H groups in total. The number of H-pyrrole nitrogens is 1. The predicted octanol–water partition coefficient (Wildman–Crippen LogP) is 2.36. The summed E-state index contributed by atoms with van der Waals surface area (Å²) in [5.74, 6) is 0.279. The number of hydrogen-bond donors (Lipinski definition) is 2. The first-order valence-electron chi connectivity index (χ1n) is 12.0. The van der Waals surface area contributed by atoms with E-state index < -0.39 is 22.9 Å². The molecule has 4 rings (SSSR count). The predicted molar refractivity (Wildman–Crippen MR) is 127 cm³/mol. The molecule has 34 heavy (non-hydrogen) atoms. The van der Waals surface area contributed by atoms with E-state index in [1.165, 1.54) is 4.57 Å². The highest BCUT2D eigenvalue weighted by Crippen LogP contribution is 2.40. The number of aryl methyl sites for hydroxylation is 1. The first kappa shape index (κ1) is 24.0. The number of nitrogens with one attached hydrogen (secondary N) is 2. The summed E-state index contributed by atoms with van der Waals surface area (Å²) < 4.78 is 6.69. The Morgan fingerprint density at radius 2 is 1.85 bits per heavy atom. The van der Waals surface area contributed by atoms with Crippen LogP contribution in [0.1, 0.15) is 75.3 Å². The Labute approximate surface area is 197 Å². The van der Waals surface area contributed by atoms with Gasteiger partial charge in [0.05, 0.1) is 10.9 Å². The number of hydrogen-bond acceptors (Lipinski definition) is 6. The number of carbonyl (C=O) groups excluding carboxylic acids is 2. The van der Waals surface area contributed by atoms with Gasteiger partial charge in [0, 0.05) is 37.8 Å². The van der Waals surface area contributed by atoms with Crippen molar-refractivity contribution in [2.24, 2.45) is 5.92 Å². The number of aromatic nitrogens is 3. The lowest BCUT2D eigenvalue weighted by atomic mass is 9.96. The van der Waals surface area contributed by atoms with E-state index in [9.17, 15) is 19.2 Å². The topological polar surface area (TPSA) is 126 Å². The van der Waals surface area contributed by atoms with E-state index in [0.29, 0.717) is 31.7 Å². The maximum Gasteiger partial charge on any atom is 0.407 e. The van der Waals surface area contributed by atoms with Crippen LogP contribution in [0.3, 0.4) is 0 Å². The van der Waals surface area contributed by atoms with Crippen LogP contribution < -0.4 is 16.6 Å². The fraction of sp³-hybridized carbons (Fsp3) is 0.625. The Hall–Kier alpha value is -3.17. The molecule has 2 aromatic rings. The van der Waals surface area contributed by atoms with Gasteiger partial charge in [0.2, 0.25) is 0 Å². The molecule has 0 unspecified atom stereocenters. The van der Waals surface area contributed by atoms with Crippen molar-refractivity contribution in [1.82, 2.24) is 24.8 Å². The highest BCUT2D eigenvalue weighted by molar-refractivity contribution is 6.05. The minimum Gasteiger partial charge on any atom is -0.444 e. The fourth-order valence-corrected chi connectivity index (χ4v) is 4.40. The van der Waals surface area contributed by atoms with Crippen LogP contribution in [0, 0.1) is 5.92 Å². The number of amides is 2. The molecule has 184 valence electrons. The molecule has 0 atom stereocenters. The van der Waals surface area contributed by atoms with Gasteiger partial charge in [0.1, 0.15) is 5.60 Å². The summed E-state index contributed by atoms with van der Waals surface area (Å²) in [6.45, 7) is 9.14. The normalized spacial score (nSPS) is 17.1. The van der Waals surface area contributed by atoms with E-state index >= 15 is 0 Å². The van der Waals surface area contributed by atoms with E-state index in [-0.39, 0.29) is 28.8 Å². The Morgan fingerprint density at radius 3 is 2.44 bits per heavy atom. The van der Waals surface area contributed by atoms with Gasteiger partial charge in [-0.1, -0.05) is 0 Å². The zero-order valence-electron chi connectivity index (χ0n) is 20.3. The van der Waals surface area contributed by atoms with Gasteiger partial charge in [0.15, 0.2) is 5.65 Å². The zero-order chi connectivity index (χ0) is 24.6. The number of likely N-dealkylation sites (tertiary alicyclic amines) is 1. The van der Waals surface area contributed by atoms with Gasteiger partial charge in [-0.15, -0.1) is 0 Å². The third-order valence-corrected chi connectivity index (χ3v) is 6.35. The Balaban J connectivity index is 1.52. The highest BCUT2D eigenvalue weighted by Gasteiger charge is 2.31. The van der Waals surface area contributed by atoms with Crippen molar-refractivity contribution in [1.29, 1.82) is 0 Å². The molecule has 10 nitrogen and oxygen atoms in total. The van der Waals surface area contributed by atoms with Crippen LogP contribution in [0.4, 0.5) is 4.79 Å². The van der Waals surface area contributed by atoms with Gasteiger partial charge >= 0.3 is 11.8 Å². The average molecular weight is 472 g/mol. The summed E-state index contributed by atoms with van der Waals surface area (Å²) in [7, 11) is 0. The van der Waals surface area contributed by atoms with Crippen molar-refractivity contribution in [3.63, 3.8) is 0 Å².